The number of nitrogens with zero attached hydrogens (tertiary/aromatic N) is 2. The lowest BCUT2D eigenvalue weighted by Gasteiger charge is -2.29. The molecular formula is C17H13ClN2O2S. The quantitative estimate of drug-likeness (QED) is 0.776. The largest absolute Gasteiger partial charge is 0.313 e. The highest BCUT2D eigenvalue weighted by molar-refractivity contribution is 7.95. The summed E-state index contributed by atoms with van der Waals surface area (Å²) in [5, 5.41) is 9.67. The van der Waals surface area contributed by atoms with E-state index in [1.54, 1.807) is 17.0 Å². The van der Waals surface area contributed by atoms with Crippen LogP contribution >= 0.6 is 11.6 Å². The molecule has 2 aromatic carbocycles. The van der Waals surface area contributed by atoms with Crippen LogP contribution in [0.4, 0.5) is 11.4 Å². The molecule has 1 heterocycles. The molecule has 0 N–H and O–H groups in total. The van der Waals surface area contributed by atoms with Gasteiger partial charge in [0.25, 0.3) is 0 Å². The molecule has 6 heteroatoms. The number of aryl methyl sites for hydroxylation is 2. The summed E-state index contributed by atoms with van der Waals surface area (Å²) in [6, 6.07) is 12.2. The third-order valence-corrected chi connectivity index (χ3v) is 5.66. The normalized spacial score (nSPS) is 15.6. The van der Waals surface area contributed by atoms with E-state index in [0.29, 0.717) is 10.7 Å². The minimum Gasteiger partial charge on any atom is -0.313 e. The first-order valence-electron chi connectivity index (χ1n) is 6.87. The van der Waals surface area contributed by atoms with Crippen molar-refractivity contribution in [3.05, 3.63) is 63.7 Å². The third kappa shape index (κ3) is 2.50. The average Bonchev–Trinajstić information content (AvgIpc) is 2.48. The molecule has 3 rings (SSSR count). The Morgan fingerprint density at radius 1 is 1.09 bits per heavy atom. The zero-order chi connectivity index (χ0) is 16.8. The van der Waals surface area contributed by atoms with Gasteiger partial charge in [-0.05, 0) is 43.7 Å². The molecule has 23 heavy (non-hydrogen) atoms. The molecule has 116 valence electrons. The first-order chi connectivity index (χ1) is 10.8. The van der Waals surface area contributed by atoms with Crippen LogP contribution in [0.2, 0.25) is 5.02 Å². The summed E-state index contributed by atoms with van der Waals surface area (Å²) in [7, 11) is -3.81. The fourth-order valence-corrected chi connectivity index (χ4v) is 4.09. The number of allylic oxidation sites excluding steroid dienone is 1. The summed E-state index contributed by atoms with van der Waals surface area (Å²) in [4.78, 5) is 1.50. The first-order valence-corrected chi connectivity index (χ1v) is 8.74. The lowest BCUT2D eigenvalue weighted by Crippen LogP contribution is -2.21. The highest BCUT2D eigenvalue weighted by Gasteiger charge is 2.32. The van der Waals surface area contributed by atoms with Crippen molar-refractivity contribution in [1.29, 1.82) is 5.26 Å². The van der Waals surface area contributed by atoms with Crippen molar-refractivity contribution in [3.63, 3.8) is 0 Å². The van der Waals surface area contributed by atoms with E-state index in [1.807, 2.05) is 32.0 Å². The number of benzene rings is 2. The van der Waals surface area contributed by atoms with Gasteiger partial charge < -0.3 is 4.90 Å². The van der Waals surface area contributed by atoms with Crippen molar-refractivity contribution in [2.75, 3.05) is 4.90 Å². The molecule has 0 bridgehead atoms. The van der Waals surface area contributed by atoms with Crippen LogP contribution in [0, 0.1) is 25.2 Å². The van der Waals surface area contributed by atoms with Gasteiger partial charge in [-0.15, -0.1) is 0 Å². The van der Waals surface area contributed by atoms with Gasteiger partial charge in [-0.3, -0.25) is 0 Å². The third-order valence-electron chi connectivity index (χ3n) is 3.73. The maximum absolute atomic E-state index is 12.5. The van der Waals surface area contributed by atoms with Gasteiger partial charge in [-0.25, -0.2) is 8.42 Å². The average molecular weight is 345 g/mol. The van der Waals surface area contributed by atoms with E-state index in [0.717, 1.165) is 16.8 Å². The molecule has 1 aliphatic heterocycles. The predicted molar refractivity (Wildman–Crippen MR) is 90.4 cm³/mol. The number of halogens is 1. The second-order valence-electron chi connectivity index (χ2n) is 5.38. The van der Waals surface area contributed by atoms with Gasteiger partial charge in [0.2, 0.25) is 9.84 Å². The van der Waals surface area contributed by atoms with Crippen LogP contribution in [-0.2, 0) is 9.84 Å². The Hall–Kier alpha value is -2.29. The first kappa shape index (κ1) is 15.6. The molecular weight excluding hydrogens is 332 g/mol. The van der Waals surface area contributed by atoms with Crippen molar-refractivity contribution in [2.45, 2.75) is 18.7 Å². The van der Waals surface area contributed by atoms with Gasteiger partial charge in [0.1, 0.15) is 6.07 Å². The summed E-state index contributed by atoms with van der Waals surface area (Å²) in [5.41, 5.74) is 3.33. The highest BCUT2D eigenvalue weighted by Crippen LogP contribution is 2.41. The topological polar surface area (TPSA) is 61.2 Å². The van der Waals surface area contributed by atoms with E-state index >= 15 is 0 Å². The number of anilines is 2. The molecule has 0 aliphatic carbocycles. The van der Waals surface area contributed by atoms with Crippen molar-refractivity contribution >= 4 is 32.8 Å². The minimum absolute atomic E-state index is 0.0842. The van der Waals surface area contributed by atoms with Crippen molar-refractivity contribution in [2.24, 2.45) is 0 Å². The maximum atomic E-state index is 12.5. The summed E-state index contributed by atoms with van der Waals surface area (Å²) < 4.78 is 25.0. The molecule has 2 aromatic rings. The molecule has 1 aliphatic rings. The van der Waals surface area contributed by atoms with Crippen molar-refractivity contribution in [3.8, 4) is 6.07 Å². The molecule has 0 atom stereocenters. The van der Waals surface area contributed by atoms with E-state index in [1.165, 1.54) is 18.3 Å². The van der Waals surface area contributed by atoms with Gasteiger partial charge in [0.15, 0.2) is 4.91 Å². The van der Waals surface area contributed by atoms with E-state index in [9.17, 15) is 13.7 Å². The van der Waals surface area contributed by atoms with Crippen LogP contribution in [0.3, 0.4) is 0 Å². The zero-order valence-electron chi connectivity index (χ0n) is 12.5. The molecule has 0 fully saturated rings. The van der Waals surface area contributed by atoms with Crippen LogP contribution in [-0.4, -0.2) is 8.42 Å². The Bertz CT molecular complexity index is 988. The monoisotopic (exact) mass is 344 g/mol. The summed E-state index contributed by atoms with van der Waals surface area (Å²) in [6.45, 7) is 3.92. The molecule has 0 spiro atoms. The Labute approximate surface area is 140 Å². The number of rotatable bonds is 1. The lowest BCUT2D eigenvalue weighted by molar-refractivity contribution is 0.602. The Morgan fingerprint density at radius 3 is 2.48 bits per heavy atom. The van der Waals surface area contributed by atoms with E-state index in [4.69, 9.17) is 11.6 Å². The van der Waals surface area contributed by atoms with Crippen LogP contribution in [0.25, 0.3) is 0 Å². The lowest BCUT2D eigenvalue weighted by atomic mass is 10.1. The van der Waals surface area contributed by atoms with Crippen LogP contribution in [0.5, 0.6) is 0 Å². The van der Waals surface area contributed by atoms with Gasteiger partial charge in [0, 0.05) is 16.9 Å². The maximum Gasteiger partial charge on any atom is 0.220 e. The fourth-order valence-electron chi connectivity index (χ4n) is 2.64. The summed E-state index contributed by atoms with van der Waals surface area (Å²) in [5.74, 6) is 0. The van der Waals surface area contributed by atoms with Gasteiger partial charge in [0.05, 0.1) is 10.6 Å². The second kappa shape index (κ2) is 5.41. The summed E-state index contributed by atoms with van der Waals surface area (Å²) >= 11 is 6.05. The van der Waals surface area contributed by atoms with E-state index in [-0.39, 0.29) is 9.80 Å². The molecule has 0 saturated carbocycles. The van der Waals surface area contributed by atoms with Gasteiger partial charge >= 0.3 is 0 Å². The zero-order valence-corrected chi connectivity index (χ0v) is 14.1. The highest BCUT2D eigenvalue weighted by atomic mass is 35.5. The smallest absolute Gasteiger partial charge is 0.220 e. The molecule has 0 aromatic heterocycles. The predicted octanol–water partition coefficient (Wildman–Crippen LogP) is 4.25. The number of hydrogen-bond donors (Lipinski definition) is 0. The Kier molecular flexibility index (Phi) is 3.67. The number of nitriles is 1. The van der Waals surface area contributed by atoms with Crippen LogP contribution < -0.4 is 4.90 Å². The molecule has 0 saturated heterocycles. The van der Waals surface area contributed by atoms with Crippen LogP contribution in [0.15, 0.2) is 52.4 Å². The molecule has 0 radical (unpaired) electrons. The van der Waals surface area contributed by atoms with Crippen LogP contribution in [0.1, 0.15) is 11.1 Å². The fraction of sp³-hybridized carbons (Fsp3) is 0.118. The molecule has 0 unspecified atom stereocenters. The molecule has 4 nitrogen and oxygen atoms in total. The Balaban J connectivity index is 2.33. The summed E-state index contributed by atoms with van der Waals surface area (Å²) in [6.07, 6.45) is 1.35. The van der Waals surface area contributed by atoms with Crippen molar-refractivity contribution in [1.82, 2.24) is 0 Å². The standard InChI is InChI=1S/C17H13ClN2O2S/c1-11-3-5-15(12(2)7-11)20-10-14(9-19)23(21,22)17-6-4-13(18)8-16(17)20/h3-8,10H,1-2H3. The van der Waals surface area contributed by atoms with Gasteiger partial charge in [-0.2, -0.15) is 5.26 Å². The Morgan fingerprint density at radius 2 is 1.83 bits per heavy atom. The number of fused-ring (bicyclic) bond motifs is 1. The SMILES string of the molecule is Cc1ccc(N2C=C(C#N)S(=O)(=O)c3ccc(Cl)cc32)c(C)c1. The number of hydrogen-bond acceptors (Lipinski definition) is 4. The van der Waals surface area contributed by atoms with Gasteiger partial charge in [-0.1, -0.05) is 29.3 Å². The van der Waals surface area contributed by atoms with E-state index < -0.39 is 9.84 Å². The van der Waals surface area contributed by atoms with E-state index in [2.05, 4.69) is 0 Å². The second-order valence-corrected chi connectivity index (χ2v) is 7.70. The molecule has 0 amide bonds. The minimum atomic E-state index is -3.81. The number of sulfone groups is 1. The van der Waals surface area contributed by atoms with Crippen molar-refractivity contribution < 1.29 is 8.42 Å².